The van der Waals surface area contributed by atoms with Crippen molar-refractivity contribution in [2.75, 3.05) is 0 Å². The second-order valence-corrected chi connectivity index (χ2v) is 10.8. The van der Waals surface area contributed by atoms with Crippen molar-refractivity contribution in [3.05, 3.63) is 70.1 Å². The third-order valence-electron chi connectivity index (χ3n) is 5.12. The van der Waals surface area contributed by atoms with E-state index in [4.69, 9.17) is 0 Å². The first kappa shape index (κ1) is 21.0. The second-order valence-electron chi connectivity index (χ2n) is 8.45. The van der Waals surface area contributed by atoms with Gasteiger partial charge in [0.05, 0.1) is 0 Å². The molecule has 1 aromatic heterocycles. The van der Waals surface area contributed by atoms with Gasteiger partial charge in [-0.3, -0.25) is 0 Å². The van der Waals surface area contributed by atoms with Crippen LogP contribution >= 0.6 is 23.1 Å². The predicted octanol–water partition coefficient (Wildman–Crippen LogP) is 8.28. The van der Waals surface area contributed by atoms with Crippen molar-refractivity contribution in [3.63, 3.8) is 0 Å². The van der Waals surface area contributed by atoms with Crippen LogP contribution < -0.4 is 0 Å². The number of aromatic hydroxyl groups is 1. The Morgan fingerprint density at radius 2 is 1.57 bits per heavy atom. The Morgan fingerprint density at radius 1 is 0.964 bits per heavy atom. The molecule has 0 bridgehead atoms. The maximum absolute atomic E-state index is 9.69. The van der Waals surface area contributed by atoms with Gasteiger partial charge in [0, 0.05) is 15.0 Å². The average Bonchev–Trinajstić information content (AvgIpc) is 3.05. The summed E-state index contributed by atoms with van der Waals surface area (Å²) in [6.45, 7) is 13.4. The molecule has 1 unspecified atom stereocenters. The van der Waals surface area contributed by atoms with Crippen LogP contribution in [0.3, 0.4) is 0 Å². The third-order valence-corrected chi connectivity index (χ3v) is 7.66. The molecule has 0 amide bonds. The first-order valence-corrected chi connectivity index (χ1v) is 11.6. The molecular weight excluding hydrogens is 380 g/mol. The van der Waals surface area contributed by atoms with Crippen molar-refractivity contribution in [2.24, 2.45) is 0 Å². The van der Waals surface area contributed by atoms with E-state index in [1.807, 2.05) is 17.8 Å². The molecule has 0 saturated heterocycles. The van der Waals surface area contributed by atoms with E-state index in [0.29, 0.717) is 10.3 Å². The van der Waals surface area contributed by atoms with Crippen LogP contribution in [0, 0.1) is 13.8 Å². The molecule has 1 heterocycles. The summed E-state index contributed by atoms with van der Waals surface area (Å²) in [4.78, 5) is 2.53. The van der Waals surface area contributed by atoms with Crippen LogP contribution in [0.5, 0.6) is 5.06 Å². The molecule has 0 radical (unpaired) electrons. The van der Waals surface area contributed by atoms with Crippen LogP contribution in [0.4, 0.5) is 0 Å². The van der Waals surface area contributed by atoms with Gasteiger partial charge in [-0.1, -0.05) is 52.0 Å². The zero-order valence-corrected chi connectivity index (χ0v) is 19.3. The molecule has 0 aliphatic carbocycles. The molecule has 0 spiro atoms. The topological polar surface area (TPSA) is 20.2 Å². The maximum atomic E-state index is 9.69. The van der Waals surface area contributed by atoms with E-state index in [9.17, 15) is 5.11 Å². The summed E-state index contributed by atoms with van der Waals surface area (Å²) in [6, 6.07) is 17.5. The molecule has 2 aromatic carbocycles. The van der Waals surface area contributed by atoms with E-state index in [2.05, 4.69) is 77.9 Å². The lowest BCUT2D eigenvalue weighted by atomic mass is 9.85. The molecule has 0 fully saturated rings. The van der Waals surface area contributed by atoms with Gasteiger partial charge < -0.3 is 5.11 Å². The Morgan fingerprint density at radius 3 is 2.04 bits per heavy atom. The smallest absolute Gasteiger partial charge is 0.171 e. The number of aryl methyl sites for hydroxylation is 2. The first-order valence-electron chi connectivity index (χ1n) is 9.86. The van der Waals surface area contributed by atoms with Gasteiger partial charge in [-0.15, -0.1) is 23.1 Å². The number of benzene rings is 2. The van der Waals surface area contributed by atoms with E-state index in [1.165, 1.54) is 48.9 Å². The summed E-state index contributed by atoms with van der Waals surface area (Å²) in [5.74, 6) is 0. The van der Waals surface area contributed by atoms with Gasteiger partial charge in [0.2, 0.25) is 0 Å². The molecule has 1 nitrogen and oxygen atoms in total. The lowest BCUT2D eigenvalue weighted by Gasteiger charge is -2.20. The molecule has 0 saturated carbocycles. The lowest BCUT2D eigenvalue weighted by Crippen LogP contribution is -2.10. The molecule has 1 atom stereocenters. The summed E-state index contributed by atoms with van der Waals surface area (Å²) in [7, 11) is 0. The summed E-state index contributed by atoms with van der Waals surface area (Å²) >= 11 is 3.38. The minimum Gasteiger partial charge on any atom is -0.499 e. The Hall–Kier alpha value is -1.71. The number of hydrogen-bond donors (Lipinski definition) is 1. The fourth-order valence-corrected chi connectivity index (χ4v) is 5.89. The van der Waals surface area contributed by atoms with E-state index < -0.39 is 0 Å². The molecule has 28 heavy (non-hydrogen) atoms. The SMILES string of the molecule is CCC(Sc1cc(C)c(-c2ccc(C(C)(C)C)cc2)c(C)c1)c1ccc(O)s1. The Bertz CT molecular complexity index is 922. The van der Waals surface area contributed by atoms with E-state index in [1.54, 1.807) is 6.07 Å². The van der Waals surface area contributed by atoms with E-state index >= 15 is 0 Å². The van der Waals surface area contributed by atoms with Crippen LogP contribution in [-0.4, -0.2) is 5.11 Å². The quantitative estimate of drug-likeness (QED) is 0.427. The minimum absolute atomic E-state index is 0.175. The number of hydrogen-bond acceptors (Lipinski definition) is 3. The highest BCUT2D eigenvalue weighted by Gasteiger charge is 2.17. The fourth-order valence-electron chi connectivity index (χ4n) is 3.61. The minimum atomic E-state index is 0.175. The number of thiophene rings is 1. The van der Waals surface area contributed by atoms with Gasteiger partial charge in [-0.25, -0.2) is 0 Å². The van der Waals surface area contributed by atoms with Crippen molar-refractivity contribution in [3.8, 4) is 16.2 Å². The number of rotatable bonds is 5. The summed E-state index contributed by atoms with van der Waals surface area (Å²) in [6.07, 6.45) is 1.04. The van der Waals surface area contributed by atoms with Crippen LogP contribution in [0.15, 0.2) is 53.4 Å². The second kappa shape index (κ2) is 8.34. The van der Waals surface area contributed by atoms with Gasteiger partial charge >= 0.3 is 0 Å². The van der Waals surface area contributed by atoms with Gasteiger partial charge in [0.15, 0.2) is 5.06 Å². The lowest BCUT2D eigenvalue weighted by molar-refractivity contribution is 0.491. The predicted molar refractivity (Wildman–Crippen MR) is 125 cm³/mol. The van der Waals surface area contributed by atoms with Crippen molar-refractivity contribution in [1.82, 2.24) is 0 Å². The molecule has 3 heteroatoms. The Balaban J connectivity index is 1.88. The Labute approximate surface area is 177 Å². The van der Waals surface area contributed by atoms with E-state index in [-0.39, 0.29) is 5.41 Å². The zero-order chi connectivity index (χ0) is 20.5. The fraction of sp³-hybridized carbons (Fsp3) is 0.360. The number of thioether (sulfide) groups is 1. The highest BCUT2D eigenvalue weighted by molar-refractivity contribution is 7.99. The summed E-state index contributed by atoms with van der Waals surface area (Å²) in [5, 5.41) is 10.5. The average molecular weight is 411 g/mol. The van der Waals surface area contributed by atoms with Crippen molar-refractivity contribution < 1.29 is 5.11 Å². The van der Waals surface area contributed by atoms with Gasteiger partial charge in [0.25, 0.3) is 0 Å². The molecule has 148 valence electrons. The van der Waals surface area contributed by atoms with Crippen LogP contribution in [-0.2, 0) is 5.41 Å². The van der Waals surface area contributed by atoms with Gasteiger partial charge in [-0.05, 0) is 77.8 Å². The largest absolute Gasteiger partial charge is 0.499 e. The maximum Gasteiger partial charge on any atom is 0.171 e. The molecule has 0 aliphatic heterocycles. The van der Waals surface area contributed by atoms with Crippen molar-refractivity contribution >= 4 is 23.1 Å². The molecule has 1 N–H and O–H groups in total. The van der Waals surface area contributed by atoms with E-state index in [0.717, 1.165) is 6.42 Å². The van der Waals surface area contributed by atoms with Crippen LogP contribution in [0.2, 0.25) is 0 Å². The highest BCUT2D eigenvalue weighted by atomic mass is 32.2. The normalized spacial score (nSPS) is 12.9. The standard InChI is InChI=1S/C25H30OS2/c1-7-21(22-12-13-23(26)28-22)27-20-14-16(2)24(17(3)15-20)18-8-10-19(11-9-18)25(4,5)6/h8-15,21,26H,7H2,1-6H3. The molecule has 3 aromatic rings. The summed E-state index contributed by atoms with van der Waals surface area (Å²) < 4.78 is 0. The monoisotopic (exact) mass is 410 g/mol. The molecular formula is C25H30OS2. The molecule has 3 rings (SSSR count). The summed E-state index contributed by atoms with van der Waals surface area (Å²) in [5.41, 5.74) is 6.80. The van der Waals surface area contributed by atoms with Crippen LogP contribution in [0.1, 0.15) is 60.9 Å². The van der Waals surface area contributed by atoms with Crippen LogP contribution in [0.25, 0.3) is 11.1 Å². The first-order chi connectivity index (χ1) is 13.2. The highest BCUT2D eigenvalue weighted by Crippen LogP contribution is 2.43. The zero-order valence-electron chi connectivity index (χ0n) is 17.7. The van der Waals surface area contributed by atoms with Gasteiger partial charge in [-0.2, -0.15) is 0 Å². The molecule has 0 aliphatic rings. The third kappa shape index (κ3) is 4.64. The van der Waals surface area contributed by atoms with Gasteiger partial charge in [0.1, 0.15) is 0 Å². The Kier molecular flexibility index (Phi) is 6.26. The van der Waals surface area contributed by atoms with Crippen molar-refractivity contribution in [1.29, 1.82) is 0 Å². The van der Waals surface area contributed by atoms with Crippen molar-refractivity contribution in [2.45, 2.75) is 63.5 Å².